The van der Waals surface area contributed by atoms with Gasteiger partial charge in [-0.05, 0) is 37.5 Å². The number of unbranched alkanes of at least 4 members (excludes halogenated alkanes) is 54. The van der Waals surface area contributed by atoms with E-state index in [2.05, 4.69) is 41.5 Å². The van der Waals surface area contributed by atoms with Crippen LogP contribution in [0.2, 0.25) is 0 Å². The zero-order chi connectivity index (χ0) is 76.4. The summed E-state index contributed by atoms with van der Waals surface area (Å²) < 4.78 is 68.8. The fourth-order valence-corrected chi connectivity index (χ4v) is 14.8. The van der Waals surface area contributed by atoms with Crippen LogP contribution in [-0.2, 0) is 65.4 Å². The first-order chi connectivity index (χ1) is 50.4. The smallest absolute Gasteiger partial charge is 0.462 e. The summed E-state index contributed by atoms with van der Waals surface area (Å²) in [5.41, 5.74) is 0. The molecule has 17 nitrogen and oxygen atoms in total. The number of hydrogen-bond donors (Lipinski definition) is 3. The molecular formula is C85H166O17P2. The molecule has 0 aromatic carbocycles. The highest BCUT2D eigenvalue weighted by Gasteiger charge is 2.30. The molecule has 0 spiro atoms. The van der Waals surface area contributed by atoms with Gasteiger partial charge >= 0.3 is 39.5 Å². The van der Waals surface area contributed by atoms with Gasteiger partial charge in [-0.3, -0.25) is 37.3 Å². The van der Waals surface area contributed by atoms with E-state index in [1.54, 1.807) is 0 Å². The number of ether oxygens (including phenoxy) is 4. The monoisotopic (exact) mass is 1520 g/mol. The number of esters is 4. The van der Waals surface area contributed by atoms with Crippen molar-refractivity contribution in [2.45, 2.75) is 471 Å². The van der Waals surface area contributed by atoms with E-state index in [-0.39, 0.29) is 25.7 Å². The molecule has 0 saturated heterocycles. The molecule has 0 aromatic heterocycles. The van der Waals surface area contributed by atoms with E-state index in [1.165, 1.54) is 263 Å². The van der Waals surface area contributed by atoms with E-state index in [9.17, 15) is 43.2 Å². The Morgan fingerprint density at radius 3 is 0.654 bits per heavy atom. The molecular weight excluding hydrogens is 1350 g/mol. The number of carbonyl (C=O) groups excluding carboxylic acids is 4. The van der Waals surface area contributed by atoms with Crippen molar-refractivity contribution in [2.75, 3.05) is 39.6 Å². The number of aliphatic hydroxyl groups excluding tert-OH is 1. The molecule has 5 atom stereocenters. The van der Waals surface area contributed by atoms with Gasteiger partial charge in [-0.2, -0.15) is 0 Å². The first-order valence-corrected chi connectivity index (χ1v) is 47.0. The van der Waals surface area contributed by atoms with E-state index in [0.29, 0.717) is 31.6 Å². The number of carbonyl (C=O) groups is 4. The first-order valence-electron chi connectivity index (χ1n) is 44.0. The van der Waals surface area contributed by atoms with Crippen molar-refractivity contribution >= 4 is 39.5 Å². The minimum absolute atomic E-state index is 0.106. The van der Waals surface area contributed by atoms with E-state index < -0.39 is 97.5 Å². The highest BCUT2D eigenvalue weighted by molar-refractivity contribution is 7.47. The van der Waals surface area contributed by atoms with Gasteiger partial charge in [-0.1, -0.05) is 401 Å². The zero-order valence-corrected chi connectivity index (χ0v) is 70.1. The van der Waals surface area contributed by atoms with Crippen LogP contribution in [0.15, 0.2) is 0 Å². The lowest BCUT2D eigenvalue weighted by Gasteiger charge is -2.21. The summed E-state index contributed by atoms with van der Waals surface area (Å²) in [6, 6.07) is 0. The van der Waals surface area contributed by atoms with Crippen LogP contribution >= 0.6 is 15.6 Å². The molecule has 0 fully saturated rings. The molecule has 0 aliphatic heterocycles. The van der Waals surface area contributed by atoms with Crippen molar-refractivity contribution in [1.82, 2.24) is 0 Å². The van der Waals surface area contributed by atoms with Crippen molar-refractivity contribution in [3.05, 3.63) is 0 Å². The Labute approximate surface area is 638 Å². The Morgan fingerprint density at radius 2 is 0.442 bits per heavy atom. The third kappa shape index (κ3) is 78.2. The topological polar surface area (TPSA) is 237 Å². The van der Waals surface area contributed by atoms with Gasteiger partial charge in [0, 0.05) is 25.7 Å². The second-order valence-corrected chi connectivity index (χ2v) is 34.4. The zero-order valence-electron chi connectivity index (χ0n) is 68.3. The summed E-state index contributed by atoms with van der Waals surface area (Å²) >= 11 is 0. The number of phosphoric ester groups is 2. The molecule has 0 aromatic rings. The van der Waals surface area contributed by atoms with Crippen LogP contribution in [0, 0.1) is 11.8 Å². The molecule has 0 rings (SSSR count). The first kappa shape index (κ1) is 102. The van der Waals surface area contributed by atoms with E-state index >= 15 is 0 Å². The third-order valence-electron chi connectivity index (χ3n) is 20.0. The van der Waals surface area contributed by atoms with Gasteiger partial charge in [-0.25, -0.2) is 9.13 Å². The summed E-state index contributed by atoms with van der Waals surface area (Å²) in [7, 11) is -9.92. The van der Waals surface area contributed by atoms with Crippen molar-refractivity contribution in [1.29, 1.82) is 0 Å². The Balaban J connectivity index is 5.20. The molecule has 0 amide bonds. The van der Waals surface area contributed by atoms with Gasteiger partial charge in [0.25, 0.3) is 0 Å². The minimum atomic E-state index is -4.96. The summed E-state index contributed by atoms with van der Waals surface area (Å²) in [5, 5.41) is 10.7. The molecule has 618 valence electrons. The van der Waals surface area contributed by atoms with Crippen molar-refractivity contribution in [3.8, 4) is 0 Å². The lowest BCUT2D eigenvalue weighted by molar-refractivity contribution is -0.161. The predicted molar refractivity (Wildman–Crippen MR) is 428 cm³/mol. The number of hydrogen-bond acceptors (Lipinski definition) is 15. The molecule has 2 unspecified atom stereocenters. The summed E-state index contributed by atoms with van der Waals surface area (Å²) in [6.07, 6.45) is 68.4. The van der Waals surface area contributed by atoms with Crippen LogP contribution in [-0.4, -0.2) is 96.7 Å². The second kappa shape index (κ2) is 76.4. The molecule has 0 radical (unpaired) electrons. The molecule has 0 heterocycles. The van der Waals surface area contributed by atoms with Crippen LogP contribution in [0.1, 0.15) is 452 Å². The Morgan fingerprint density at radius 1 is 0.260 bits per heavy atom. The standard InChI is InChI=1S/C85H166O17P2/c1-7-9-11-13-15-17-19-21-23-25-27-29-31-33-35-37-41-45-49-57-63-69-84(89)101-80(73-95-82(87)67-61-55-48-44-40-36-34-32-30-28-26-24-22-20-18-16-14-12-10-8-2)75-99-103(91,92)97-71-79(86)72-98-104(93,94)100-76-81(74-96-83(88)68-62-56-52-51-54-60-66-78(5)6)102-85(90)70-64-58-50-46-42-38-39-43-47-53-59-65-77(3)4/h77-81,86H,7-76H2,1-6H3,(H,91,92)(H,93,94)/t79-,80-,81-/m1/s1. The van der Waals surface area contributed by atoms with Gasteiger partial charge < -0.3 is 33.8 Å². The molecule has 19 heteroatoms. The van der Waals surface area contributed by atoms with Crippen LogP contribution in [0.3, 0.4) is 0 Å². The molecule has 0 aliphatic rings. The van der Waals surface area contributed by atoms with Gasteiger partial charge in [-0.15, -0.1) is 0 Å². The third-order valence-corrected chi connectivity index (χ3v) is 21.9. The van der Waals surface area contributed by atoms with Crippen LogP contribution in [0.25, 0.3) is 0 Å². The van der Waals surface area contributed by atoms with E-state index in [4.69, 9.17) is 37.0 Å². The van der Waals surface area contributed by atoms with Gasteiger partial charge in [0.2, 0.25) is 0 Å². The molecule has 0 bridgehead atoms. The van der Waals surface area contributed by atoms with Crippen LogP contribution in [0.5, 0.6) is 0 Å². The van der Waals surface area contributed by atoms with Crippen molar-refractivity contribution in [2.24, 2.45) is 11.8 Å². The summed E-state index contributed by atoms with van der Waals surface area (Å²) in [5.74, 6) is -0.663. The Hall–Kier alpha value is -1.94. The fraction of sp³-hybridized carbons (Fsp3) is 0.953. The Kier molecular flexibility index (Phi) is 75.0. The maximum Gasteiger partial charge on any atom is 0.472 e. The fourth-order valence-electron chi connectivity index (χ4n) is 13.2. The molecule has 3 N–H and O–H groups in total. The number of rotatable bonds is 84. The van der Waals surface area contributed by atoms with E-state index in [0.717, 1.165) is 102 Å². The van der Waals surface area contributed by atoms with Crippen LogP contribution < -0.4 is 0 Å². The van der Waals surface area contributed by atoms with Crippen molar-refractivity contribution in [3.63, 3.8) is 0 Å². The van der Waals surface area contributed by atoms with Gasteiger partial charge in [0.05, 0.1) is 26.4 Å². The highest BCUT2D eigenvalue weighted by Crippen LogP contribution is 2.45. The average molecular weight is 1520 g/mol. The van der Waals surface area contributed by atoms with Crippen molar-refractivity contribution < 1.29 is 80.2 Å². The lowest BCUT2D eigenvalue weighted by atomic mass is 10.0. The normalized spacial score (nSPS) is 13.8. The minimum Gasteiger partial charge on any atom is -0.462 e. The van der Waals surface area contributed by atoms with Gasteiger partial charge in [0.1, 0.15) is 19.3 Å². The Bertz CT molecular complexity index is 1990. The van der Waals surface area contributed by atoms with Crippen LogP contribution in [0.4, 0.5) is 0 Å². The largest absolute Gasteiger partial charge is 0.472 e. The maximum absolute atomic E-state index is 13.1. The summed E-state index contributed by atoms with van der Waals surface area (Å²) in [6.45, 7) is 9.57. The molecule has 0 saturated carbocycles. The average Bonchev–Trinajstić information content (AvgIpc) is 0.903. The quantitative estimate of drug-likeness (QED) is 0.0222. The molecule has 0 aliphatic carbocycles. The number of aliphatic hydroxyl groups is 1. The summed E-state index contributed by atoms with van der Waals surface area (Å²) in [4.78, 5) is 73.1. The second-order valence-electron chi connectivity index (χ2n) is 31.5. The van der Waals surface area contributed by atoms with Gasteiger partial charge in [0.15, 0.2) is 12.2 Å². The highest BCUT2D eigenvalue weighted by atomic mass is 31.2. The lowest BCUT2D eigenvalue weighted by Crippen LogP contribution is -2.30. The maximum atomic E-state index is 13.1. The predicted octanol–water partition coefficient (Wildman–Crippen LogP) is 25.8. The number of phosphoric acid groups is 2. The SMILES string of the molecule is CCCCCCCCCCCCCCCCCCCCCCCC(=O)O[C@H](COC(=O)CCCCCCCCCCCCCCCCCCCCCC)COP(=O)(O)OC[C@@H](O)COP(=O)(O)OC[C@@H](COC(=O)CCCCCCCCC(C)C)OC(=O)CCCCCCCCCCCCCC(C)C. The van der Waals surface area contributed by atoms with E-state index in [1.807, 2.05) is 0 Å². The molecule has 104 heavy (non-hydrogen) atoms.